The van der Waals surface area contributed by atoms with Gasteiger partial charge in [-0.1, -0.05) is 219 Å². The van der Waals surface area contributed by atoms with Gasteiger partial charge in [-0.05, 0) is 38.5 Å². The van der Waals surface area contributed by atoms with Gasteiger partial charge < -0.3 is 39.4 Å². The van der Waals surface area contributed by atoms with Crippen molar-refractivity contribution in [1.29, 1.82) is 0 Å². The zero-order valence-corrected chi connectivity index (χ0v) is 40.8. The fourth-order valence-corrected chi connectivity index (χ4v) is 8.42. The molecule has 10 heteroatoms. The molecule has 6 atom stereocenters. The molecule has 0 radical (unpaired) electrons. The SMILES string of the molecule is CCCCCCCCCC/C=C\CCCCCCCCCCCCCC(=O)OC(COC(=O)CCCCCCCCCCCCCCCCC)COC1OC(CO)C(O)C(O)C1O. The summed E-state index contributed by atoms with van der Waals surface area (Å²) in [6.07, 6.45) is 42.2. The van der Waals surface area contributed by atoms with Crippen molar-refractivity contribution < 1.29 is 49.0 Å². The highest BCUT2D eigenvalue weighted by Gasteiger charge is 2.44. The second-order valence-corrected chi connectivity index (χ2v) is 18.7. The summed E-state index contributed by atoms with van der Waals surface area (Å²) in [5.41, 5.74) is 0. The molecule has 6 unspecified atom stereocenters. The molecular weight excluding hydrogens is 797 g/mol. The van der Waals surface area contributed by atoms with Crippen LogP contribution in [-0.2, 0) is 28.5 Å². The number of esters is 2. The summed E-state index contributed by atoms with van der Waals surface area (Å²) in [6, 6.07) is 0. The molecule has 1 fully saturated rings. The highest BCUT2D eigenvalue weighted by molar-refractivity contribution is 5.70. The number of hydrogen-bond donors (Lipinski definition) is 4. The Morgan fingerprint density at radius 1 is 0.476 bits per heavy atom. The summed E-state index contributed by atoms with van der Waals surface area (Å²) in [5, 5.41) is 40.2. The van der Waals surface area contributed by atoms with Gasteiger partial charge in [0.25, 0.3) is 0 Å². The first-order valence-corrected chi connectivity index (χ1v) is 26.8. The third-order valence-electron chi connectivity index (χ3n) is 12.7. The highest BCUT2D eigenvalue weighted by atomic mass is 16.7. The van der Waals surface area contributed by atoms with E-state index in [0.29, 0.717) is 6.42 Å². The van der Waals surface area contributed by atoms with Crippen LogP contribution < -0.4 is 0 Å². The van der Waals surface area contributed by atoms with Crippen LogP contribution in [0.1, 0.15) is 258 Å². The molecule has 0 aromatic heterocycles. The van der Waals surface area contributed by atoms with Crippen LogP contribution in [-0.4, -0.2) is 89.0 Å². The normalized spacial score (nSPS) is 19.5. The minimum atomic E-state index is -1.59. The van der Waals surface area contributed by atoms with E-state index in [4.69, 9.17) is 18.9 Å². The van der Waals surface area contributed by atoms with Crippen LogP contribution in [0.5, 0.6) is 0 Å². The molecule has 0 aromatic carbocycles. The standard InChI is InChI=1S/C53H100O10/c1-3-5-7-9-11-13-15-17-19-20-21-22-23-24-25-26-28-30-32-34-36-38-40-42-49(56)62-46(45-61-53-52(59)51(58)50(57)47(43-54)63-53)44-60-48(55)41-39-37-35-33-31-29-27-18-16-14-12-10-8-6-4-2/h20-21,46-47,50-54,57-59H,3-19,22-45H2,1-2H3/b21-20-. The fourth-order valence-electron chi connectivity index (χ4n) is 8.42. The molecule has 10 nitrogen and oxygen atoms in total. The molecule has 1 rings (SSSR count). The highest BCUT2D eigenvalue weighted by Crippen LogP contribution is 2.23. The van der Waals surface area contributed by atoms with Crippen LogP contribution in [0.2, 0.25) is 0 Å². The van der Waals surface area contributed by atoms with E-state index in [0.717, 1.165) is 38.5 Å². The van der Waals surface area contributed by atoms with Crippen molar-refractivity contribution in [3.63, 3.8) is 0 Å². The second kappa shape index (κ2) is 44.3. The summed E-state index contributed by atoms with van der Waals surface area (Å²) in [6.45, 7) is 3.47. The molecule has 4 N–H and O–H groups in total. The van der Waals surface area contributed by atoms with Crippen LogP contribution in [0, 0.1) is 0 Å². The lowest BCUT2D eigenvalue weighted by Crippen LogP contribution is -2.59. The van der Waals surface area contributed by atoms with E-state index in [1.165, 1.54) is 186 Å². The van der Waals surface area contributed by atoms with E-state index in [1.807, 2.05) is 0 Å². The van der Waals surface area contributed by atoms with Crippen LogP contribution in [0.4, 0.5) is 0 Å². The number of carbonyl (C=O) groups excluding carboxylic acids is 2. The Bertz CT molecular complexity index is 1040. The average molecular weight is 897 g/mol. The van der Waals surface area contributed by atoms with E-state index in [2.05, 4.69) is 26.0 Å². The van der Waals surface area contributed by atoms with Crippen molar-refractivity contribution in [3.05, 3.63) is 12.2 Å². The summed E-state index contributed by atoms with van der Waals surface area (Å²) >= 11 is 0. The Morgan fingerprint density at radius 3 is 1.24 bits per heavy atom. The number of aliphatic hydroxyl groups is 4. The van der Waals surface area contributed by atoms with Gasteiger partial charge in [-0.3, -0.25) is 9.59 Å². The monoisotopic (exact) mass is 897 g/mol. The van der Waals surface area contributed by atoms with Gasteiger partial charge in [-0.15, -0.1) is 0 Å². The van der Waals surface area contributed by atoms with Crippen molar-refractivity contribution in [3.8, 4) is 0 Å². The smallest absolute Gasteiger partial charge is 0.306 e. The number of allylic oxidation sites excluding steroid dienone is 2. The predicted octanol–water partition coefficient (Wildman–Crippen LogP) is 12.7. The average Bonchev–Trinajstić information content (AvgIpc) is 3.28. The molecule has 0 bridgehead atoms. The van der Waals surface area contributed by atoms with Crippen molar-refractivity contribution in [2.24, 2.45) is 0 Å². The number of hydrogen-bond acceptors (Lipinski definition) is 10. The van der Waals surface area contributed by atoms with Crippen molar-refractivity contribution in [2.75, 3.05) is 19.8 Å². The Labute approximate surface area is 386 Å². The quantitative estimate of drug-likeness (QED) is 0.0264. The van der Waals surface area contributed by atoms with Crippen molar-refractivity contribution in [2.45, 2.75) is 295 Å². The lowest BCUT2D eigenvalue weighted by atomic mass is 9.99. The molecule has 0 amide bonds. The maximum Gasteiger partial charge on any atom is 0.306 e. The van der Waals surface area contributed by atoms with Gasteiger partial charge in [-0.25, -0.2) is 0 Å². The van der Waals surface area contributed by atoms with Gasteiger partial charge in [0.05, 0.1) is 13.2 Å². The Morgan fingerprint density at radius 2 is 0.841 bits per heavy atom. The van der Waals surface area contributed by atoms with Crippen LogP contribution in [0.15, 0.2) is 12.2 Å². The second-order valence-electron chi connectivity index (χ2n) is 18.7. The van der Waals surface area contributed by atoms with Gasteiger partial charge in [0.15, 0.2) is 12.4 Å². The summed E-state index contributed by atoms with van der Waals surface area (Å²) in [4.78, 5) is 25.5. The minimum Gasteiger partial charge on any atom is -0.462 e. The van der Waals surface area contributed by atoms with Gasteiger partial charge in [0.2, 0.25) is 0 Å². The molecule has 1 heterocycles. The van der Waals surface area contributed by atoms with Gasteiger partial charge in [0.1, 0.15) is 31.0 Å². The Hall–Kier alpha value is -1.56. The molecule has 0 saturated carbocycles. The lowest BCUT2D eigenvalue weighted by Gasteiger charge is -2.39. The number of aliphatic hydroxyl groups excluding tert-OH is 4. The Kier molecular flexibility index (Phi) is 41.8. The first kappa shape index (κ1) is 59.5. The van der Waals surface area contributed by atoms with Crippen molar-refractivity contribution in [1.82, 2.24) is 0 Å². The maximum atomic E-state index is 12.8. The molecule has 0 aromatic rings. The molecule has 0 spiro atoms. The third-order valence-corrected chi connectivity index (χ3v) is 12.7. The van der Waals surface area contributed by atoms with E-state index >= 15 is 0 Å². The lowest BCUT2D eigenvalue weighted by molar-refractivity contribution is -0.305. The minimum absolute atomic E-state index is 0.211. The van der Waals surface area contributed by atoms with E-state index < -0.39 is 49.4 Å². The molecule has 0 aliphatic carbocycles. The maximum absolute atomic E-state index is 12.8. The molecule has 1 saturated heterocycles. The van der Waals surface area contributed by atoms with E-state index in [1.54, 1.807) is 0 Å². The summed E-state index contributed by atoms with van der Waals surface area (Å²) < 4.78 is 22.3. The van der Waals surface area contributed by atoms with Gasteiger partial charge >= 0.3 is 11.9 Å². The summed E-state index contributed by atoms with van der Waals surface area (Å²) in [7, 11) is 0. The predicted molar refractivity (Wildman–Crippen MR) is 256 cm³/mol. The van der Waals surface area contributed by atoms with Gasteiger partial charge in [0, 0.05) is 12.8 Å². The zero-order valence-electron chi connectivity index (χ0n) is 40.8. The molecule has 372 valence electrons. The van der Waals surface area contributed by atoms with Crippen LogP contribution >= 0.6 is 0 Å². The third kappa shape index (κ3) is 35.3. The first-order chi connectivity index (χ1) is 30.8. The Balaban J connectivity index is 2.22. The first-order valence-electron chi connectivity index (χ1n) is 26.8. The number of unbranched alkanes of at least 4 members (excludes halogenated alkanes) is 33. The van der Waals surface area contributed by atoms with Gasteiger partial charge in [-0.2, -0.15) is 0 Å². The van der Waals surface area contributed by atoms with Crippen LogP contribution in [0.3, 0.4) is 0 Å². The van der Waals surface area contributed by atoms with Crippen molar-refractivity contribution >= 4 is 11.9 Å². The molecule has 1 aliphatic heterocycles. The number of rotatable bonds is 46. The summed E-state index contributed by atoms with van der Waals surface area (Å²) in [5.74, 6) is -0.791. The molecule has 1 aliphatic rings. The fraction of sp³-hybridized carbons (Fsp3) is 0.925. The van der Waals surface area contributed by atoms with Crippen LogP contribution in [0.25, 0.3) is 0 Å². The topological polar surface area (TPSA) is 152 Å². The largest absolute Gasteiger partial charge is 0.462 e. The zero-order chi connectivity index (χ0) is 45.9. The van der Waals surface area contributed by atoms with E-state index in [-0.39, 0.29) is 32.0 Å². The van der Waals surface area contributed by atoms with E-state index in [9.17, 15) is 30.0 Å². The molecular formula is C53H100O10. The number of ether oxygens (including phenoxy) is 4. The number of carbonyl (C=O) groups is 2. The molecule has 63 heavy (non-hydrogen) atoms.